The molecule has 0 atom stereocenters. The molecule has 92 valence electrons. The number of carbonyl (C=O) groups is 1. The molecular weight excluding hydrogens is 228 g/mol. The summed E-state index contributed by atoms with van der Waals surface area (Å²) in [7, 11) is 0. The van der Waals surface area contributed by atoms with Crippen molar-refractivity contribution in [1.29, 1.82) is 0 Å². The van der Waals surface area contributed by atoms with Crippen LogP contribution in [0.1, 0.15) is 17.4 Å². The van der Waals surface area contributed by atoms with Crippen LogP contribution in [0.5, 0.6) is 0 Å². The molecule has 1 heterocycles. The number of hydrogen-bond donors (Lipinski definition) is 1. The van der Waals surface area contributed by atoms with Gasteiger partial charge in [0.15, 0.2) is 5.69 Å². The number of nitrogens with zero attached hydrogens (tertiary/aromatic N) is 2. The van der Waals surface area contributed by atoms with E-state index in [1.807, 2.05) is 37.3 Å². The van der Waals surface area contributed by atoms with Crippen LogP contribution in [0.3, 0.4) is 0 Å². The lowest BCUT2D eigenvalue weighted by molar-refractivity contribution is 0.0689. The third-order valence-electron chi connectivity index (χ3n) is 2.49. The highest BCUT2D eigenvalue weighted by Crippen LogP contribution is 2.21. The highest BCUT2D eigenvalue weighted by atomic mass is 16.4. The lowest BCUT2D eigenvalue weighted by Crippen LogP contribution is -2.05. The molecule has 4 heteroatoms. The van der Waals surface area contributed by atoms with Crippen LogP contribution in [0.25, 0.3) is 11.3 Å². The number of carboxylic acids is 1. The van der Waals surface area contributed by atoms with Gasteiger partial charge in [0, 0.05) is 0 Å². The molecule has 1 aromatic carbocycles. The van der Waals surface area contributed by atoms with E-state index in [1.54, 1.807) is 10.7 Å². The van der Waals surface area contributed by atoms with Crippen LogP contribution in [-0.2, 0) is 6.54 Å². The summed E-state index contributed by atoms with van der Waals surface area (Å²) in [6, 6.07) is 11.2. The first-order chi connectivity index (χ1) is 8.58. The Morgan fingerprint density at radius 2 is 2.06 bits per heavy atom. The number of aromatic carboxylic acids is 1. The van der Waals surface area contributed by atoms with Crippen molar-refractivity contribution in [3.05, 3.63) is 54.2 Å². The van der Waals surface area contributed by atoms with Gasteiger partial charge in [-0.05, 0) is 18.6 Å². The van der Waals surface area contributed by atoms with E-state index in [9.17, 15) is 4.79 Å². The molecule has 1 aromatic heterocycles. The van der Waals surface area contributed by atoms with Gasteiger partial charge in [-0.3, -0.25) is 4.68 Å². The highest BCUT2D eigenvalue weighted by Gasteiger charge is 2.14. The summed E-state index contributed by atoms with van der Waals surface area (Å²) >= 11 is 0. The Morgan fingerprint density at radius 1 is 1.39 bits per heavy atom. The smallest absolute Gasteiger partial charge is 0.356 e. The first-order valence-electron chi connectivity index (χ1n) is 5.59. The highest BCUT2D eigenvalue weighted by molar-refractivity contribution is 5.87. The number of allylic oxidation sites excluding steroid dienone is 1. The summed E-state index contributed by atoms with van der Waals surface area (Å²) in [5.41, 5.74) is 2.71. The molecule has 0 spiro atoms. The molecule has 18 heavy (non-hydrogen) atoms. The maximum atomic E-state index is 11.0. The van der Waals surface area contributed by atoms with Crippen LogP contribution < -0.4 is 0 Å². The third-order valence-corrected chi connectivity index (χ3v) is 2.49. The summed E-state index contributed by atoms with van der Waals surface area (Å²) in [5.74, 6) is -1.02. The molecule has 0 unspecified atom stereocenters. The van der Waals surface area contributed by atoms with Crippen molar-refractivity contribution in [3.8, 4) is 11.3 Å². The molecule has 0 saturated carbocycles. The molecule has 0 amide bonds. The van der Waals surface area contributed by atoms with Gasteiger partial charge in [0.05, 0.1) is 12.2 Å². The van der Waals surface area contributed by atoms with Crippen LogP contribution in [0.2, 0.25) is 0 Å². The second kappa shape index (κ2) is 4.87. The summed E-state index contributed by atoms with van der Waals surface area (Å²) in [4.78, 5) is 11.0. The average Bonchev–Trinajstić information content (AvgIpc) is 2.73. The molecule has 0 radical (unpaired) electrons. The fraction of sp³-hybridized carbons (Fsp3) is 0.143. The molecule has 0 saturated heterocycles. The zero-order valence-corrected chi connectivity index (χ0v) is 10.1. The Kier molecular flexibility index (Phi) is 3.28. The number of rotatable bonds is 4. The number of aromatic nitrogens is 2. The van der Waals surface area contributed by atoms with Gasteiger partial charge in [0.2, 0.25) is 0 Å². The lowest BCUT2D eigenvalue weighted by atomic mass is 10.1. The molecule has 0 bridgehead atoms. The van der Waals surface area contributed by atoms with E-state index < -0.39 is 5.97 Å². The Balaban J connectivity index is 2.50. The Morgan fingerprint density at radius 3 is 2.61 bits per heavy atom. The van der Waals surface area contributed by atoms with Gasteiger partial charge in [0.1, 0.15) is 0 Å². The van der Waals surface area contributed by atoms with Crippen molar-refractivity contribution >= 4 is 5.97 Å². The van der Waals surface area contributed by atoms with Gasteiger partial charge in [-0.15, -0.1) is 0 Å². The van der Waals surface area contributed by atoms with E-state index in [4.69, 9.17) is 5.11 Å². The second-order valence-corrected chi connectivity index (χ2v) is 4.20. The van der Waals surface area contributed by atoms with Crippen molar-refractivity contribution < 1.29 is 9.90 Å². The zero-order valence-electron chi connectivity index (χ0n) is 10.1. The monoisotopic (exact) mass is 242 g/mol. The molecule has 4 nitrogen and oxygen atoms in total. The van der Waals surface area contributed by atoms with Crippen LogP contribution >= 0.6 is 0 Å². The first kappa shape index (κ1) is 12.1. The Labute approximate surface area is 105 Å². The minimum Gasteiger partial charge on any atom is -0.476 e. The molecule has 0 aliphatic rings. The standard InChI is InChI=1S/C14H14N2O2/c1-10(2)9-16-13(8-12(15-16)14(17)18)11-6-4-3-5-7-11/h3-8H,1,9H2,2H3,(H,17,18). The molecule has 0 aliphatic heterocycles. The van der Waals surface area contributed by atoms with Gasteiger partial charge in [0.25, 0.3) is 0 Å². The Bertz CT molecular complexity index is 585. The van der Waals surface area contributed by atoms with E-state index >= 15 is 0 Å². The van der Waals surface area contributed by atoms with Crippen LogP contribution in [-0.4, -0.2) is 20.9 Å². The predicted octanol–water partition coefficient (Wildman–Crippen LogP) is 2.82. The molecule has 0 aliphatic carbocycles. The van der Waals surface area contributed by atoms with E-state index in [0.717, 1.165) is 16.8 Å². The first-order valence-corrected chi connectivity index (χ1v) is 5.59. The molecule has 1 N–H and O–H groups in total. The number of carboxylic acid groups (broad SMARTS) is 1. The minimum absolute atomic E-state index is 0.0510. The number of hydrogen-bond acceptors (Lipinski definition) is 2. The largest absolute Gasteiger partial charge is 0.476 e. The Hall–Kier alpha value is -2.36. The van der Waals surface area contributed by atoms with Crippen LogP contribution in [0.4, 0.5) is 0 Å². The number of benzene rings is 1. The summed E-state index contributed by atoms with van der Waals surface area (Å²) in [5, 5.41) is 13.1. The molecule has 2 rings (SSSR count). The molecule has 0 fully saturated rings. The lowest BCUT2D eigenvalue weighted by Gasteiger charge is -2.06. The third kappa shape index (κ3) is 2.48. The quantitative estimate of drug-likeness (QED) is 0.839. The van der Waals surface area contributed by atoms with E-state index in [2.05, 4.69) is 11.7 Å². The maximum Gasteiger partial charge on any atom is 0.356 e. The van der Waals surface area contributed by atoms with E-state index in [0.29, 0.717) is 6.54 Å². The van der Waals surface area contributed by atoms with Crippen LogP contribution in [0, 0.1) is 0 Å². The van der Waals surface area contributed by atoms with Crippen molar-refractivity contribution in [2.75, 3.05) is 0 Å². The normalized spacial score (nSPS) is 10.3. The minimum atomic E-state index is -1.02. The summed E-state index contributed by atoms with van der Waals surface area (Å²) in [6.07, 6.45) is 0. The van der Waals surface area contributed by atoms with Gasteiger partial charge >= 0.3 is 5.97 Å². The molecule has 2 aromatic rings. The maximum absolute atomic E-state index is 11.0. The average molecular weight is 242 g/mol. The van der Waals surface area contributed by atoms with Crippen molar-refractivity contribution in [2.45, 2.75) is 13.5 Å². The van der Waals surface area contributed by atoms with Crippen LogP contribution in [0.15, 0.2) is 48.6 Å². The zero-order chi connectivity index (χ0) is 13.1. The SMILES string of the molecule is C=C(C)Cn1nc(C(=O)O)cc1-c1ccccc1. The summed E-state index contributed by atoms with van der Waals surface area (Å²) < 4.78 is 1.67. The molecular formula is C14H14N2O2. The summed E-state index contributed by atoms with van der Waals surface area (Å²) in [6.45, 7) is 6.23. The van der Waals surface area contributed by atoms with Crippen molar-refractivity contribution in [3.63, 3.8) is 0 Å². The fourth-order valence-electron chi connectivity index (χ4n) is 1.74. The van der Waals surface area contributed by atoms with Crippen molar-refractivity contribution in [2.24, 2.45) is 0 Å². The second-order valence-electron chi connectivity index (χ2n) is 4.20. The van der Waals surface area contributed by atoms with Crippen molar-refractivity contribution in [1.82, 2.24) is 9.78 Å². The fourth-order valence-corrected chi connectivity index (χ4v) is 1.74. The van der Waals surface area contributed by atoms with Gasteiger partial charge in [-0.1, -0.05) is 42.5 Å². The van der Waals surface area contributed by atoms with Gasteiger partial charge < -0.3 is 5.11 Å². The topological polar surface area (TPSA) is 55.1 Å². The van der Waals surface area contributed by atoms with E-state index in [-0.39, 0.29) is 5.69 Å². The van der Waals surface area contributed by atoms with E-state index in [1.165, 1.54) is 0 Å². The predicted molar refractivity (Wildman–Crippen MR) is 69.4 cm³/mol. The van der Waals surface area contributed by atoms with Gasteiger partial charge in [-0.2, -0.15) is 5.10 Å². The van der Waals surface area contributed by atoms with Gasteiger partial charge in [-0.25, -0.2) is 4.79 Å².